The van der Waals surface area contributed by atoms with Crippen LogP contribution in [0.2, 0.25) is 5.02 Å². The number of anilines is 1. The maximum absolute atomic E-state index is 12.8. The zero-order chi connectivity index (χ0) is 23.3. The third-order valence-electron chi connectivity index (χ3n) is 7.50. The van der Waals surface area contributed by atoms with Crippen molar-refractivity contribution in [1.29, 1.82) is 0 Å². The standard InChI is InChI=1S/C25H35ClN6O2/c26-22-5-3-20(4-6-22)23-29-25(34-30-23)32-12-8-21(9-13-32)24(33)28-15-19-7-11-31(17-19)16-18-2-1-10-27-14-18/h3-6,18-19,21,27H,1-2,7-17H2,(H,28,33)/t18-,19+/m1/s1. The number of piperidine rings is 2. The molecule has 2 atom stereocenters. The molecule has 34 heavy (non-hydrogen) atoms. The summed E-state index contributed by atoms with van der Waals surface area (Å²) in [5, 5.41) is 11.5. The molecule has 0 bridgehead atoms. The predicted octanol–water partition coefficient (Wildman–Crippen LogP) is 3.04. The summed E-state index contributed by atoms with van der Waals surface area (Å²) < 4.78 is 5.49. The van der Waals surface area contributed by atoms with Crippen LogP contribution in [0.5, 0.6) is 0 Å². The Bertz CT molecular complexity index is 937. The van der Waals surface area contributed by atoms with Gasteiger partial charge in [0.05, 0.1) is 0 Å². The van der Waals surface area contributed by atoms with Gasteiger partial charge >= 0.3 is 6.01 Å². The molecule has 3 aliphatic rings. The minimum absolute atomic E-state index is 0.0562. The van der Waals surface area contributed by atoms with Crippen molar-refractivity contribution in [3.63, 3.8) is 0 Å². The number of hydrogen-bond donors (Lipinski definition) is 2. The van der Waals surface area contributed by atoms with Crippen molar-refractivity contribution in [2.24, 2.45) is 17.8 Å². The molecule has 8 nitrogen and oxygen atoms in total. The number of rotatable bonds is 7. The van der Waals surface area contributed by atoms with Crippen LogP contribution in [0.1, 0.15) is 32.1 Å². The number of nitrogens with one attached hydrogen (secondary N) is 2. The van der Waals surface area contributed by atoms with Gasteiger partial charge in [0, 0.05) is 49.2 Å². The number of likely N-dealkylation sites (tertiary alicyclic amines) is 1. The van der Waals surface area contributed by atoms with Crippen molar-refractivity contribution in [3.8, 4) is 11.4 Å². The van der Waals surface area contributed by atoms with E-state index in [9.17, 15) is 4.79 Å². The Morgan fingerprint density at radius 3 is 2.71 bits per heavy atom. The molecule has 1 aromatic heterocycles. The molecule has 1 amide bonds. The van der Waals surface area contributed by atoms with Crippen molar-refractivity contribution < 1.29 is 9.32 Å². The molecule has 3 fully saturated rings. The number of carbonyl (C=O) groups is 1. The summed E-state index contributed by atoms with van der Waals surface area (Å²) in [7, 11) is 0. The lowest BCUT2D eigenvalue weighted by atomic mass is 9.96. The number of benzene rings is 1. The summed E-state index contributed by atoms with van der Waals surface area (Å²) in [6.07, 6.45) is 5.43. The molecule has 0 saturated carbocycles. The summed E-state index contributed by atoms with van der Waals surface area (Å²) >= 11 is 5.96. The largest absolute Gasteiger partial charge is 0.356 e. The fourth-order valence-electron chi connectivity index (χ4n) is 5.47. The Morgan fingerprint density at radius 2 is 1.94 bits per heavy atom. The highest BCUT2D eigenvalue weighted by atomic mass is 35.5. The molecule has 3 saturated heterocycles. The van der Waals surface area contributed by atoms with E-state index in [2.05, 4.69) is 30.6 Å². The van der Waals surface area contributed by atoms with Crippen molar-refractivity contribution in [2.75, 3.05) is 57.3 Å². The van der Waals surface area contributed by atoms with E-state index in [1.807, 2.05) is 24.3 Å². The molecule has 0 aliphatic carbocycles. The lowest BCUT2D eigenvalue weighted by molar-refractivity contribution is -0.125. The summed E-state index contributed by atoms with van der Waals surface area (Å²) in [5.74, 6) is 2.17. The van der Waals surface area contributed by atoms with Crippen LogP contribution < -0.4 is 15.5 Å². The molecule has 5 rings (SSSR count). The van der Waals surface area contributed by atoms with Crippen LogP contribution in [0.3, 0.4) is 0 Å². The van der Waals surface area contributed by atoms with Crippen LogP contribution in [0.15, 0.2) is 28.8 Å². The van der Waals surface area contributed by atoms with Gasteiger partial charge in [-0.25, -0.2) is 0 Å². The van der Waals surface area contributed by atoms with Gasteiger partial charge in [-0.2, -0.15) is 4.98 Å². The molecule has 0 radical (unpaired) electrons. The minimum atomic E-state index is 0.0562. The van der Waals surface area contributed by atoms with Gasteiger partial charge in [0.25, 0.3) is 0 Å². The number of amides is 1. The summed E-state index contributed by atoms with van der Waals surface area (Å²) in [6, 6.07) is 7.90. The van der Waals surface area contributed by atoms with Crippen LogP contribution in [-0.2, 0) is 4.79 Å². The van der Waals surface area contributed by atoms with Crippen molar-refractivity contribution in [1.82, 2.24) is 25.7 Å². The number of hydrogen-bond acceptors (Lipinski definition) is 7. The molecular weight excluding hydrogens is 452 g/mol. The Kier molecular flexibility index (Phi) is 7.67. The van der Waals surface area contributed by atoms with Gasteiger partial charge in [-0.1, -0.05) is 16.8 Å². The lowest BCUT2D eigenvalue weighted by Gasteiger charge is -2.30. The topological polar surface area (TPSA) is 86.5 Å². The van der Waals surface area contributed by atoms with Crippen LogP contribution in [0.25, 0.3) is 11.4 Å². The normalized spacial score (nSPS) is 24.4. The predicted molar refractivity (Wildman–Crippen MR) is 133 cm³/mol. The lowest BCUT2D eigenvalue weighted by Crippen LogP contribution is -2.42. The van der Waals surface area contributed by atoms with E-state index in [0.29, 0.717) is 22.8 Å². The first-order valence-corrected chi connectivity index (χ1v) is 13.1. The Labute approximate surface area is 206 Å². The molecule has 0 unspecified atom stereocenters. The summed E-state index contributed by atoms with van der Waals surface area (Å²) in [5.41, 5.74) is 0.870. The molecule has 1 aromatic carbocycles. The van der Waals surface area contributed by atoms with E-state index in [1.165, 1.54) is 32.4 Å². The Morgan fingerprint density at radius 1 is 1.12 bits per heavy atom. The molecule has 9 heteroatoms. The zero-order valence-corrected chi connectivity index (χ0v) is 20.5. The number of nitrogens with zero attached hydrogens (tertiary/aromatic N) is 4. The quantitative estimate of drug-likeness (QED) is 0.622. The van der Waals surface area contributed by atoms with Gasteiger partial charge in [-0.3, -0.25) is 4.79 Å². The maximum atomic E-state index is 12.8. The van der Waals surface area contributed by atoms with Crippen LogP contribution in [0, 0.1) is 17.8 Å². The average molecular weight is 487 g/mol. The van der Waals surface area contributed by atoms with Gasteiger partial charge in [0.2, 0.25) is 11.7 Å². The first-order valence-electron chi connectivity index (χ1n) is 12.7. The van der Waals surface area contributed by atoms with E-state index in [0.717, 1.165) is 63.6 Å². The highest BCUT2D eigenvalue weighted by Gasteiger charge is 2.29. The Balaban J connectivity index is 1.03. The zero-order valence-electron chi connectivity index (χ0n) is 19.7. The highest BCUT2D eigenvalue weighted by Crippen LogP contribution is 2.26. The smallest absolute Gasteiger partial charge is 0.324 e. The van der Waals surface area contributed by atoms with Crippen molar-refractivity contribution >= 4 is 23.5 Å². The molecular formula is C25H35ClN6O2. The number of carbonyl (C=O) groups excluding carboxylic acids is 1. The maximum Gasteiger partial charge on any atom is 0.324 e. The molecule has 3 aliphatic heterocycles. The van der Waals surface area contributed by atoms with E-state index < -0.39 is 0 Å². The van der Waals surface area contributed by atoms with Gasteiger partial charge in [-0.05, 0) is 87.8 Å². The van der Waals surface area contributed by atoms with E-state index >= 15 is 0 Å². The molecule has 0 spiro atoms. The third kappa shape index (κ3) is 5.90. The van der Waals surface area contributed by atoms with E-state index in [-0.39, 0.29) is 11.8 Å². The number of aromatic nitrogens is 2. The molecule has 2 N–H and O–H groups in total. The van der Waals surface area contributed by atoms with Crippen molar-refractivity contribution in [2.45, 2.75) is 32.1 Å². The van der Waals surface area contributed by atoms with Gasteiger partial charge < -0.3 is 25.0 Å². The van der Waals surface area contributed by atoms with E-state index in [4.69, 9.17) is 16.1 Å². The Hall–Kier alpha value is -2.16. The molecule has 4 heterocycles. The van der Waals surface area contributed by atoms with Crippen LogP contribution in [-0.4, -0.2) is 73.3 Å². The SMILES string of the molecule is O=C(NC[C@@H]1CCN(C[C@@H]2CCCNC2)C1)C1CCN(c2nc(-c3ccc(Cl)cc3)no2)CC1. The monoisotopic (exact) mass is 486 g/mol. The number of halogens is 1. The van der Waals surface area contributed by atoms with Gasteiger partial charge in [-0.15, -0.1) is 0 Å². The first-order chi connectivity index (χ1) is 16.6. The third-order valence-corrected chi connectivity index (χ3v) is 7.76. The average Bonchev–Trinajstić information content (AvgIpc) is 3.54. The minimum Gasteiger partial charge on any atom is -0.356 e. The second-order valence-electron chi connectivity index (χ2n) is 10.0. The summed E-state index contributed by atoms with van der Waals surface area (Å²) in [6.45, 7) is 8.09. The fourth-order valence-corrected chi connectivity index (χ4v) is 5.60. The van der Waals surface area contributed by atoms with E-state index in [1.54, 1.807) is 0 Å². The second kappa shape index (κ2) is 11.1. The van der Waals surface area contributed by atoms with Crippen LogP contribution in [0.4, 0.5) is 6.01 Å². The van der Waals surface area contributed by atoms with Gasteiger partial charge in [0.15, 0.2) is 0 Å². The van der Waals surface area contributed by atoms with Crippen molar-refractivity contribution in [3.05, 3.63) is 29.3 Å². The highest BCUT2D eigenvalue weighted by molar-refractivity contribution is 6.30. The van der Waals surface area contributed by atoms with Crippen LogP contribution >= 0.6 is 11.6 Å². The summed E-state index contributed by atoms with van der Waals surface area (Å²) in [4.78, 5) is 22.0. The second-order valence-corrected chi connectivity index (χ2v) is 10.5. The molecule has 184 valence electrons. The molecule has 2 aromatic rings. The fraction of sp³-hybridized carbons (Fsp3) is 0.640. The first kappa shape index (κ1) is 23.6. The van der Waals surface area contributed by atoms with Gasteiger partial charge in [0.1, 0.15) is 0 Å².